The summed E-state index contributed by atoms with van der Waals surface area (Å²) in [5.41, 5.74) is 6.13. The van der Waals surface area contributed by atoms with Crippen molar-refractivity contribution in [1.29, 1.82) is 0 Å². The first-order valence-corrected chi connectivity index (χ1v) is 9.04. The van der Waals surface area contributed by atoms with Gasteiger partial charge in [-0.1, -0.05) is 45.9 Å². The molecule has 3 nitrogen and oxygen atoms in total. The fourth-order valence-corrected chi connectivity index (χ4v) is 2.74. The Morgan fingerprint density at radius 3 is 1.96 bits per heavy atom. The van der Waals surface area contributed by atoms with Crippen molar-refractivity contribution in [2.45, 2.75) is 59.8 Å². The number of hydrogen-bond acceptors (Lipinski definition) is 3. The molecule has 134 valence electrons. The number of hydrogen-bond donors (Lipinski definition) is 0. The molecule has 0 bridgehead atoms. The molecule has 0 atom stereocenters. The largest absolute Gasteiger partial charge is 0.308 e. The number of nitrogens with zero attached hydrogens (tertiary/aromatic N) is 3. The fraction of sp³-hybridized carbons (Fsp3) is 0.619. The molecule has 24 heavy (non-hydrogen) atoms. The molecule has 0 fully saturated rings. The van der Waals surface area contributed by atoms with Gasteiger partial charge >= 0.3 is 0 Å². The second-order valence-electron chi connectivity index (χ2n) is 7.54. The van der Waals surface area contributed by atoms with Crippen LogP contribution in [-0.4, -0.2) is 43.5 Å². The Bertz CT molecular complexity index is 554. The van der Waals surface area contributed by atoms with Crippen LogP contribution in [0.4, 0.5) is 5.69 Å². The molecule has 0 heterocycles. The van der Waals surface area contributed by atoms with Gasteiger partial charge in [-0.25, -0.2) is 0 Å². The molecule has 0 saturated heterocycles. The van der Waals surface area contributed by atoms with E-state index in [-0.39, 0.29) is 0 Å². The lowest BCUT2D eigenvalue weighted by atomic mass is 9.93. The minimum absolute atomic E-state index is 0.477. The van der Waals surface area contributed by atoms with Crippen molar-refractivity contribution < 1.29 is 0 Å². The number of rotatable bonds is 8. The summed E-state index contributed by atoms with van der Waals surface area (Å²) in [6, 6.07) is 6.58. The molecular weight excluding hydrogens is 294 g/mol. The van der Waals surface area contributed by atoms with Crippen LogP contribution in [0.2, 0.25) is 0 Å². The third-order valence-corrected chi connectivity index (χ3v) is 4.09. The minimum Gasteiger partial charge on any atom is -0.308 e. The summed E-state index contributed by atoms with van der Waals surface area (Å²) in [5.74, 6) is 0.954. The maximum atomic E-state index is 5.01. The molecule has 1 rings (SSSR count). The number of para-hydroxylation sites is 1. The molecule has 0 saturated carbocycles. The molecule has 0 unspecified atom stereocenters. The van der Waals surface area contributed by atoms with Crippen LogP contribution in [0.15, 0.2) is 28.2 Å². The molecule has 0 aliphatic rings. The first-order valence-electron chi connectivity index (χ1n) is 9.04. The lowest BCUT2D eigenvalue weighted by Gasteiger charge is -2.17. The third kappa shape index (κ3) is 6.56. The molecule has 0 aliphatic carbocycles. The van der Waals surface area contributed by atoms with Gasteiger partial charge in [0.15, 0.2) is 0 Å². The maximum absolute atomic E-state index is 5.01. The van der Waals surface area contributed by atoms with E-state index >= 15 is 0 Å². The predicted molar refractivity (Wildman–Crippen MR) is 109 cm³/mol. The smallest absolute Gasteiger partial charge is 0.0698 e. The summed E-state index contributed by atoms with van der Waals surface area (Å²) in [5, 5.41) is 0. The zero-order valence-electron chi connectivity index (χ0n) is 16.8. The topological polar surface area (TPSA) is 28.0 Å². The van der Waals surface area contributed by atoms with Gasteiger partial charge in [0.25, 0.3) is 0 Å². The van der Waals surface area contributed by atoms with Crippen molar-refractivity contribution in [2.24, 2.45) is 9.98 Å². The first kappa shape index (κ1) is 20.6. The highest BCUT2D eigenvalue weighted by Crippen LogP contribution is 2.34. The summed E-state index contributed by atoms with van der Waals surface area (Å²) in [6.07, 6.45) is 0.845. The van der Waals surface area contributed by atoms with Gasteiger partial charge in [0.05, 0.1) is 12.2 Å². The van der Waals surface area contributed by atoms with Crippen molar-refractivity contribution in [3.8, 4) is 0 Å². The zero-order chi connectivity index (χ0) is 18.3. The van der Waals surface area contributed by atoms with Crippen LogP contribution in [0.25, 0.3) is 0 Å². The van der Waals surface area contributed by atoms with E-state index in [0.29, 0.717) is 11.8 Å². The first-order chi connectivity index (χ1) is 11.2. The molecule has 0 aliphatic heterocycles. The molecule has 1 aromatic rings. The van der Waals surface area contributed by atoms with Gasteiger partial charge in [0.2, 0.25) is 0 Å². The van der Waals surface area contributed by atoms with Gasteiger partial charge in [-0.15, -0.1) is 0 Å². The number of benzene rings is 1. The summed E-state index contributed by atoms with van der Waals surface area (Å²) >= 11 is 0. The highest BCUT2D eigenvalue weighted by atomic mass is 15.1. The Balaban J connectivity index is 3.02. The lowest BCUT2D eigenvalue weighted by Crippen LogP contribution is -2.16. The Kier molecular flexibility index (Phi) is 8.34. The van der Waals surface area contributed by atoms with Crippen LogP contribution in [0.5, 0.6) is 0 Å². The highest BCUT2D eigenvalue weighted by Gasteiger charge is 2.13. The fourth-order valence-electron chi connectivity index (χ4n) is 2.74. The van der Waals surface area contributed by atoms with Crippen molar-refractivity contribution in [3.63, 3.8) is 0 Å². The summed E-state index contributed by atoms with van der Waals surface area (Å²) in [4.78, 5) is 11.8. The van der Waals surface area contributed by atoms with E-state index in [9.17, 15) is 0 Å². The van der Waals surface area contributed by atoms with Gasteiger partial charge in [0, 0.05) is 24.4 Å². The molecule has 0 spiro atoms. The lowest BCUT2D eigenvalue weighted by molar-refractivity contribution is 0.420. The standard InChI is InChI=1S/C21H35N3/c1-15(2)19-10-9-11-20(16(3)4)21(19)23-18(6)14-17(5)22-12-13-24(7)8/h9-11,15-16H,12-14H2,1-8H3. The summed E-state index contributed by atoms with van der Waals surface area (Å²) in [7, 11) is 4.15. The van der Waals surface area contributed by atoms with Crippen molar-refractivity contribution in [3.05, 3.63) is 29.3 Å². The predicted octanol–water partition coefficient (Wildman–Crippen LogP) is 5.44. The second-order valence-corrected chi connectivity index (χ2v) is 7.54. The van der Waals surface area contributed by atoms with Gasteiger partial charge in [-0.3, -0.25) is 9.98 Å². The Labute approximate surface area is 148 Å². The SMILES string of the molecule is CC(CC(C)=Nc1c(C(C)C)cccc1C(C)C)=NCCN(C)C. The Morgan fingerprint density at radius 2 is 1.50 bits per heavy atom. The highest BCUT2D eigenvalue weighted by molar-refractivity contribution is 6.03. The monoisotopic (exact) mass is 329 g/mol. The quantitative estimate of drug-likeness (QED) is 0.584. The molecule has 0 amide bonds. The van der Waals surface area contributed by atoms with Gasteiger partial charge in [-0.2, -0.15) is 0 Å². The molecular formula is C21H35N3. The van der Waals surface area contributed by atoms with E-state index in [2.05, 4.69) is 83.7 Å². The normalized spacial score (nSPS) is 13.5. The molecule has 0 N–H and O–H groups in total. The van der Waals surface area contributed by atoms with Gasteiger partial charge < -0.3 is 4.90 Å². The second kappa shape index (κ2) is 9.73. The van der Waals surface area contributed by atoms with Crippen LogP contribution < -0.4 is 0 Å². The average molecular weight is 330 g/mol. The number of likely N-dealkylation sites (N-methyl/N-ethyl adjacent to an activating group) is 1. The minimum atomic E-state index is 0.477. The van der Waals surface area contributed by atoms with Gasteiger partial charge in [-0.05, 0) is 50.9 Å². The Morgan fingerprint density at radius 1 is 0.958 bits per heavy atom. The average Bonchev–Trinajstić information content (AvgIpc) is 2.46. The van der Waals surface area contributed by atoms with Crippen LogP contribution in [0.3, 0.4) is 0 Å². The van der Waals surface area contributed by atoms with E-state index < -0.39 is 0 Å². The molecule has 0 radical (unpaired) electrons. The maximum Gasteiger partial charge on any atom is 0.0698 e. The van der Waals surface area contributed by atoms with Crippen molar-refractivity contribution >= 4 is 17.1 Å². The van der Waals surface area contributed by atoms with Crippen LogP contribution in [0, 0.1) is 0 Å². The summed E-state index contributed by atoms with van der Waals surface area (Å²) < 4.78 is 0. The van der Waals surface area contributed by atoms with Gasteiger partial charge in [0.1, 0.15) is 0 Å². The van der Waals surface area contributed by atoms with Crippen molar-refractivity contribution in [2.75, 3.05) is 27.2 Å². The molecule has 0 aromatic heterocycles. The van der Waals surface area contributed by atoms with E-state index in [1.807, 2.05) is 0 Å². The van der Waals surface area contributed by atoms with Crippen LogP contribution in [0.1, 0.15) is 70.9 Å². The van der Waals surface area contributed by atoms with E-state index in [4.69, 9.17) is 4.99 Å². The van der Waals surface area contributed by atoms with Crippen LogP contribution in [-0.2, 0) is 0 Å². The van der Waals surface area contributed by atoms with Crippen molar-refractivity contribution in [1.82, 2.24) is 4.90 Å². The van der Waals surface area contributed by atoms with E-state index in [1.165, 1.54) is 16.8 Å². The van der Waals surface area contributed by atoms with Crippen LogP contribution >= 0.6 is 0 Å². The molecule has 3 heteroatoms. The van der Waals surface area contributed by atoms with E-state index in [1.54, 1.807) is 0 Å². The zero-order valence-corrected chi connectivity index (χ0v) is 16.8. The molecule has 1 aromatic carbocycles. The summed E-state index contributed by atoms with van der Waals surface area (Å²) in [6.45, 7) is 15.0. The Hall–Kier alpha value is -1.48. The number of aliphatic imine (C=N–C) groups is 2. The van der Waals surface area contributed by atoms with E-state index in [0.717, 1.165) is 30.9 Å². The third-order valence-electron chi connectivity index (χ3n) is 4.09.